The van der Waals surface area contributed by atoms with Gasteiger partial charge in [-0.1, -0.05) is 6.92 Å². The first kappa shape index (κ1) is 13.8. The number of hydrogen-bond donors (Lipinski definition) is 4. The second-order valence-electron chi connectivity index (χ2n) is 3.70. The Hall–Kier alpha value is -2.31. The minimum atomic E-state index is -0.645. The number of hydrogen-bond acceptors (Lipinski definition) is 5. The number of nitrogens with two attached hydrogens (primary N) is 2. The van der Waals surface area contributed by atoms with Gasteiger partial charge in [-0.05, 0) is 18.6 Å². The van der Waals surface area contributed by atoms with E-state index in [2.05, 4.69) is 15.6 Å². The third kappa shape index (κ3) is 3.93. The summed E-state index contributed by atoms with van der Waals surface area (Å²) < 4.78 is 0. The first-order valence-electron chi connectivity index (χ1n) is 5.61. The molecule has 0 aliphatic carbocycles. The van der Waals surface area contributed by atoms with Crippen LogP contribution in [0.1, 0.15) is 23.8 Å². The van der Waals surface area contributed by atoms with Gasteiger partial charge in [-0.15, -0.1) is 0 Å². The van der Waals surface area contributed by atoms with E-state index in [1.54, 1.807) is 0 Å². The van der Waals surface area contributed by atoms with Crippen LogP contribution >= 0.6 is 0 Å². The number of carbonyl (C=O) groups excluding carboxylic acids is 2. The molecule has 0 atom stereocenters. The van der Waals surface area contributed by atoms with Crippen molar-refractivity contribution < 1.29 is 9.59 Å². The molecule has 98 valence electrons. The monoisotopic (exact) mass is 251 g/mol. The number of amides is 2. The molecule has 0 aliphatic rings. The van der Waals surface area contributed by atoms with E-state index < -0.39 is 5.91 Å². The Balaban J connectivity index is 2.63. The van der Waals surface area contributed by atoms with Crippen LogP contribution in [0.2, 0.25) is 0 Å². The van der Waals surface area contributed by atoms with Gasteiger partial charge in [0.1, 0.15) is 5.69 Å². The normalized spacial score (nSPS) is 9.83. The van der Waals surface area contributed by atoms with Gasteiger partial charge in [0.15, 0.2) is 5.82 Å². The van der Waals surface area contributed by atoms with E-state index in [4.69, 9.17) is 11.5 Å². The van der Waals surface area contributed by atoms with Crippen molar-refractivity contribution in [2.75, 3.05) is 24.1 Å². The van der Waals surface area contributed by atoms with Gasteiger partial charge in [0.05, 0.1) is 12.2 Å². The Morgan fingerprint density at radius 1 is 1.39 bits per heavy atom. The lowest BCUT2D eigenvalue weighted by Gasteiger charge is -2.09. The van der Waals surface area contributed by atoms with Crippen LogP contribution in [-0.4, -0.2) is 29.9 Å². The lowest BCUT2D eigenvalue weighted by atomic mass is 10.3. The molecule has 6 N–H and O–H groups in total. The van der Waals surface area contributed by atoms with Crippen molar-refractivity contribution in [3.05, 3.63) is 17.8 Å². The molecule has 7 heteroatoms. The maximum absolute atomic E-state index is 11.4. The first-order valence-corrected chi connectivity index (χ1v) is 5.61. The smallest absolute Gasteiger partial charge is 0.267 e. The van der Waals surface area contributed by atoms with Gasteiger partial charge < -0.3 is 22.1 Å². The fourth-order valence-electron chi connectivity index (χ4n) is 1.24. The number of pyridine rings is 1. The number of nitrogen functional groups attached to an aromatic ring is 1. The molecule has 7 nitrogen and oxygen atoms in total. The molecular weight excluding hydrogens is 234 g/mol. The van der Waals surface area contributed by atoms with E-state index in [9.17, 15) is 9.59 Å². The predicted octanol–water partition coefficient (Wildman–Crippen LogP) is -0.299. The Kier molecular flexibility index (Phi) is 4.91. The van der Waals surface area contributed by atoms with Gasteiger partial charge >= 0.3 is 0 Å². The Morgan fingerprint density at radius 3 is 2.72 bits per heavy atom. The molecule has 1 aromatic rings. The fourth-order valence-corrected chi connectivity index (χ4v) is 1.24. The number of nitrogens with zero attached hydrogens (tertiary/aromatic N) is 1. The highest BCUT2D eigenvalue weighted by Crippen LogP contribution is 2.14. The largest absolute Gasteiger partial charge is 0.396 e. The summed E-state index contributed by atoms with van der Waals surface area (Å²) in [6.07, 6.45) is 0.864. The highest BCUT2D eigenvalue weighted by Gasteiger charge is 2.08. The van der Waals surface area contributed by atoms with Crippen LogP contribution in [0.25, 0.3) is 0 Å². The van der Waals surface area contributed by atoms with Gasteiger partial charge in [0, 0.05) is 6.54 Å². The predicted molar refractivity (Wildman–Crippen MR) is 69.0 cm³/mol. The van der Waals surface area contributed by atoms with Crippen molar-refractivity contribution >= 4 is 23.3 Å². The quantitative estimate of drug-likeness (QED) is 0.552. The third-order valence-electron chi connectivity index (χ3n) is 2.17. The topological polar surface area (TPSA) is 123 Å². The average molecular weight is 251 g/mol. The minimum Gasteiger partial charge on any atom is -0.396 e. The molecule has 18 heavy (non-hydrogen) atoms. The fraction of sp³-hybridized carbons (Fsp3) is 0.364. The highest BCUT2D eigenvalue weighted by molar-refractivity contribution is 5.92. The number of carbonyl (C=O) groups is 2. The molecule has 0 aromatic carbocycles. The van der Waals surface area contributed by atoms with E-state index in [0.29, 0.717) is 12.2 Å². The molecule has 1 rings (SSSR count). The van der Waals surface area contributed by atoms with Crippen LogP contribution in [0.3, 0.4) is 0 Å². The van der Waals surface area contributed by atoms with Crippen molar-refractivity contribution in [3.8, 4) is 0 Å². The van der Waals surface area contributed by atoms with Crippen LogP contribution in [-0.2, 0) is 4.79 Å². The average Bonchev–Trinajstić information content (AvgIpc) is 2.35. The number of rotatable bonds is 6. The maximum atomic E-state index is 11.4. The summed E-state index contributed by atoms with van der Waals surface area (Å²) >= 11 is 0. The van der Waals surface area contributed by atoms with Crippen LogP contribution in [0, 0.1) is 0 Å². The zero-order valence-corrected chi connectivity index (χ0v) is 10.2. The van der Waals surface area contributed by atoms with E-state index in [1.165, 1.54) is 12.1 Å². The highest BCUT2D eigenvalue weighted by atomic mass is 16.2. The SMILES string of the molecule is CCCNC(=O)CNc1nc(C(N)=O)ccc1N. The van der Waals surface area contributed by atoms with Gasteiger partial charge in [-0.2, -0.15) is 0 Å². The van der Waals surface area contributed by atoms with Crippen molar-refractivity contribution in [1.29, 1.82) is 0 Å². The molecule has 0 saturated heterocycles. The van der Waals surface area contributed by atoms with Gasteiger partial charge in [-0.3, -0.25) is 9.59 Å². The number of nitrogens with one attached hydrogen (secondary N) is 2. The van der Waals surface area contributed by atoms with E-state index in [1.807, 2.05) is 6.92 Å². The molecule has 1 aromatic heterocycles. The summed E-state index contributed by atoms with van der Waals surface area (Å²) in [5.74, 6) is -0.533. The summed E-state index contributed by atoms with van der Waals surface area (Å²) in [6, 6.07) is 2.94. The van der Waals surface area contributed by atoms with E-state index in [0.717, 1.165) is 6.42 Å². The third-order valence-corrected chi connectivity index (χ3v) is 2.17. The van der Waals surface area contributed by atoms with Crippen molar-refractivity contribution in [2.45, 2.75) is 13.3 Å². The minimum absolute atomic E-state index is 0.0411. The molecule has 0 bridgehead atoms. The summed E-state index contributed by atoms with van der Waals surface area (Å²) in [5, 5.41) is 5.46. The van der Waals surface area contributed by atoms with Crippen molar-refractivity contribution in [3.63, 3.8) is 0 Å². The van der Waals surface area contributed by atoms with Crippen LogP contribution in [0.5, 0.6) is 0 Å². The van der Waals surface area contributed by atoms with E-state index >= 15 is 0 Å². The summed E-state index contributed by atoms with van der Waals surface area (Å²) in [4.78, 5) is 26.3. The number of primary amides is 1. The second-order valence-corrected chi connectivity index (χ2v) is 3.70. The molecule has 1 heterocycles. The zero-order valence-electron chi connectivity index (χ0n) is 10.2. The van der Waals surface area contributed by atoms with E-state index in [-0.39, 0.29) is 24.0 Å². The number of aromatic nitrogens is 1. The molecule has 0 spiro atoms. The summed E-state index contributed by atoms with van der Waals surface area (Å²) in [6.45, 7) is 2.62. The summed E-state index contributed by atoms with van der Waals surface area (Å²) in [7, 11) is 0. The molecule has 2 amide bonds. The van der Waals surface area contributed by atoms with Crippen LogP contribution in [0.4, 0.5) is 11.5 Å². The molecule has 0 unspecified atom stereocenters. The second kappa shape index (κ2) is 6.43. The summed E-state index contributed by atoms with van der Waals surface area (Å²) in [5.41, 5.74) is 11.2. The molecule has 0 aliphatic heterocycles. The molecular formula is C11H17N5O2. The van der Waals surface area contributed by atoms with Gasteiger partial charge in [0.25, 0.3) is 5.91 Å². The van der Waals surface area contributed by atoms with Crippen molar-refractivity contribution in [1.82, 2.24) is 10.3 Å². The number of anilines is 2. The zero-order chi connectivity index (χ0) is 13.5. The molecule has 0 radical (unpaired) electrons. The lowest BCUT2D eigenvalue weighted by molar-refractivity contribution is -0.119. The van der Waals surface area contributed by atoms with Gasteiger partial charge in [-0.25, -0.2) is 4.98 Å². The van der Waals surface area contributed by atoms with Crippen molar-refractivity contribution in [2.24, 2.45) is 5.73 Å². The molecule has 0 fully saturated rings. The van der Waals surface area contributed by atoms with Gasteiger partial charge in [0.2, 0.25) is 5.91 Å². The van der Waals surface area contributed by atoms with Crippen LogP contribution in [0.15, 0.2) is 12.1 Å². The maximum Gasteiger partial charge on any atom is 0.267 e. The standard InChI is InChI=1S/C11H17N5O2/c1-2-5-14-9(17)6-15-11-7(12)3-4-8(16-11)10(13)18/h3-4H,2,5-6,12H2,1H3,(H2,13,18)(H,14,17)(H,15,16). The Morgan fingerprint density at radius 2 is 2.11 bits per heavy atom. The Labute approximate surface area is 105 Å². The first-order chi connectivity index (χ1) is 8.54. The van der Waals surface area contributed by atoms with Crippen LogP contribution < -0.4 is 22.1 Å². The lowest BCUT2D eigenvalue weighted by Crippen LogP contribution is -2.30. The Bertz CT molecular complexity index is 447. The molecule has 0 saturated carbocycles.